The predicted octanol–water partition coefficient (Wildman–Crippen LogP) is 1.19. The molecule has 68 valence electrons. The average Bonchev–Trinajstić information content (AvgIpc) is 2.29. The van der Waals surface area contributed by atoms with Crippen LogP contribution >= 0.6 is 0 Å². The molecule has 0 aliphatic carbocycles. The minimum Gasteiger partial charge on any atom is -0.382 e. The zero-order valence-corrected chi connectivity index (χ0v) is 8.12. The summed E-state index contributed by atoms with van der Waals surface area (Å²) in [6, 6.07) is -0.102. The predicted molar refractivity (Wildman–Crippen MR) is 49.2 cm³/mol. The topological polar surface area (TPSA) is 18.5 Å². The number of methoxy groups -OCH3 is 1. The third-order valence-electron chi connectivity index (χ3n) is 2.81. The Bertz CT molecular complexity index is 140. The highest BCUT2D eigenvalue weighted by atomic mass is 16.5. The maximum Gasteiger partial charge on any atom is 0.109 e. The highest BCUT2D eigenvalue weighted by molar-refractivity contribution is 6.11. The molecule has 1 heterocycles. The maximum absolute atomic E-state index is 5.79. The van der Waals surface area contributed by atoms with Gasteiger partial charge in [-0.15, -0.1) is 0 Å². The molecule has 3 heteroatoms. The maximum atomic E-state index is 5.79. The summed E-state index contributed by atoms with van der Waals surface area (Å²) in [6.45, 7) is 4.98. The molecule has 1 aliphatic heterocycles. The van der Waals surface area contributed by atoms with Gasteiger partial charge < -0.3 is 9.47 Å². The molecule has 2 radical (unpaired) electrons. The van der Waals surface area contributed by atoms with Gasteiger partial charge in [-0.2, -0.15) is 0 Å². The van der Waals surface area contributed by atoms with E-state index >= 15 is 0 Å². The van der Waals surface area contributed by atoms with Gasteiger partial charge in [-0.05, 0) is 11.8 Å². The van der Waals surface area contributed by atoms with Crippen molar-refractivity contribution in [1.29, 1.82) is 0 Å². The first-order valence-corrected chi connectivity index (χ1v) is 4.60. The number of hydrogen-bond acceptors (Lipinski definition) is 2. The van der Waals surface area contributed by atoms with Crippen LogP contribution in [0.25, 0.3) is 0 Å². The second-order valence-electron chi connectivity index (χ2n) is 3.53. The van der Waals surface area contributed by atoms with E-state index in [1.807, 2.05) is 0 Å². The molecule has 1 fully saturated rings. The summed E-state index contributed by atoms with van der Waals surface area (Å²) in [5, 5.41) is 0. The van der Waals surface area contributed by atoms with E-state index in [1.54, 1.807) is 7.11 Å². The van der Waals surface area contributed by atoms with Gasteiger partial charge in [-0.3, -0.25) is 0 Å². The molecule has 0 spiro atoms. The molecular weight excluding hydrogens is 151 g/mol. The Morgan fingerprint density at radius 2 is 2.17 bits per heavy atom. The van der Waals surface area contributed by atoms with E-state index < -0.39 is 0 Å². The fourth-order valence-corrected chi connectivity index (χ4v) is 1.97. The second-order valence-corrected chi connectivity index (χ2v) is 3.53. The normalized spacial score (nSPS) is 41.9. The van der Waals surface area contributed by atoms with E-state index in [4.69, 9.17) is 17.3 Å². The average molecular weight is 168 g/mol. The molecule has 0 amide bonds. The van der Waals surface area contributed by atoms with E-state index in [0.717, 1.165) is 6.42 Å². The third kappa shape index (κ3) is 1.83. The molecule has 1 rings (SSSR count). The Labute approximate surface area is 76.0 Å². The van der Waals surface area contributed by atoms with E-state index in [9.17, 15) is 0 Å². The first-order valence-electron chi connectivity index (χ1n) is 4.60. The Balaban J connectivity index is 2.52. The first kappa shape index (κ1) is 10.1. The molecule has 0 saturated carbocycles. The molecule has 0 bridgehead atoms. The lowest BCUT2D eigenvalue weighted by Crippen LogP contribution is -2.23. The van der Waals surface area contributed by atoms with Gasteiger partial charge in [0.25, 0.3) is 0 Å². The SMILES string of the molecule is [B][C@@H]1O[C@H](COC)[C@@H](CC)C1C. The number of ether oxygens (including phenoxy) is 2. The molecule has 0 aromatic rings. The van der Waals surface area contributed by atoms with Crippen molar-refractivity contribution in [3.05, 3.63) is 0 Å². The Kier molecular flexibility index (Phi) is 3.60. The van der Waals surface area contributed by atoms with Crippen molar-refractivity contribution in [2.24, 2.45) is 11.8 Å². The standard InChI is InChI=1S/C9H17BO2/c1-4-7-6(2)9(10)12-8(7)5-11-3/h6-9H,4-5H2,1-3H3/t6?,7-,8+,9+/m0/s1. The van der Waals surface area contributed by atoms with Gasteiger partial charge in [-0.25, -0.2) is 0 Å². The van der Waals surface area contributed by atoms with Crippen LogP contribution in [-0.2, 0) is 9.47 Å². The molecule has 1 aliphatic rings. The van der Waals surface area contributed by atoms with E-state index in [1.165, 1.54) is 0 Å². The van der Waals surface area contributed by atoms with Crippen molar-refractivity contribution >= 4 is 7.85 Å². The minimum atomic E-state index is -0.102. The van der Waals surface area contributed by atoms with Crippen molar-refractivity contribution in [2.45, 2.75) is 32.4 Å². The summed E-state index contributed by atoms with van der Waals surface area (Å²) >= 11 is 0. The van der Waals surface area contributed by atoms with Gasteiger partial charge in [0.15, 0.2) is 0 Å². The number of hydrogen-bond donors (Lipinski definition) is 0. The fraction of sp³-hybridized carbons (Fsp3) is 1.00. The zero-order chi connectivity index (χ0) is 9.14. The first-order chi connectivity index (χ1) is 5.70. The summed E-state index contributed by atoms with van der Waals surface area (Å²) in [4.78, 5) is 0. The van der Waals surface area contributed by atoms with Crippen LogP contribution in [-0.4, -0.2) is 33.7 Å². The van der Waals surface area contributed by atoms with Gasteiger partial charge in [0.2, 0.25) is 0 Å². The second kappa shape index (κ2) is 4.29. The lowest BCUT2D eigenvalue weighted by Gasteiger charge is -2.18. The van der Waals surface area contributed by atoms with Crippen LogP contribution in [0.15, 0.2) is 0 Å². The zero-order valence-electron chi connectivity index (χ0n) is 8.12. The molecule has 4 atom stereocenters. The van der Waals surface area contributed by atoms with Gasteiger partial charge in [0, 0.05) is 13.1 Å². The van der Waals surface area contributed by atoms with Crippen LogP contribution in [0.2, 0.25) is 0 Å². The Morgan fingerprint density at radius 3 is 2.67 bits per heavy atom. The van der Waals surface area contributed by atoms with Crippen molar-refractivity contribution in [3.63, 3.8) is 0 Å². The summed E-state index contributed by atoms with van der Waals surface area (Å²) < 4.78 is 10.6. The molecule has 0 N–H and O–H groups in total. The van der Waals surface area contributed by atoms with Crippen LogP contribution in [0.1, 0.15) is 20.3 Å². The Morgan fingerprint density at radius 1 is 1.50 bits per heavy atom. The highest BCUT2D eigenvalue weighted by Crippen LogP contribution is 2.33. The molecular formula is C9H17BO2. The van der Waals surface area contributed by atoms with E-state index in [2.05, 4.69) is 13.8 Å². The molecule has 0 aromatic heterocycles. The van der Waals surface area contributed by atoms with Crippen LogP contribution in [0.3, 0.4) is 0 Å². The monoisotopic (exact) mass is 168 g/mol. The van der Waals surface area contributed by atoms with E-state index in [0.29, 0.717) is 18.4 Å². The molecule has 12 heavy (non-hydrogen) atoms. The fourth-order valence-electron chi connectivity index (χ4n) is 1.97. The minimum absolute atomic E-state index is 0.102. The van der Waals surface area contributed by atoms with E-state index in [-0.39, 0.29) is 12.1 Å². The van der Waals surface area contributed by atoms with Gasteiger partial charge >= 0.3 is 0 Å². The lowest BCUT2D eigenvalue weighted by atomic mass is 9.80. The third-order valence-corrected chi connectivity index (χ3v) is 2.81. The lowest BCUT2D eigenvalue weighted by molar-refractivity contribution is 0.00876. The van der Waals surface area contributed by atoms with Crippen LogP contribution in [0.4, 0.5) is 0 Å². The molecule has 1 unspecified atom stereocenters. The van der Waals surface area contributed by atoms with Crippen molar-refractivity contribution < 1.29 is 9.47 Å². The largest absolute Gasteiger partial charge is 0.382 e. The van der Waals surface area contributed by atoms with Gasteiger partial charge in [-0.1, -0.05) is 20.3 Å². The summed E-state index contributed by atoms with van der Waals surface area (Å²) in [5.41, 5.74) is 0. The van der Waals surface area contributed by atoms with Crippen LogP contribution in [0, 0.1) is 11.8 Å². The summed E-state index contributed by atoms with van der Waals surface area (Å²) in [6.07, 6.45) is 1.31. The van der Waals surface area contributed by atoms with Crippen molar-refractivity contribution in [2.75, 3.05) is 13.7 Å². The summed E-state index contributed by atoms with van der Waals surface area (Å²) in [5.74, 6) is 1.01. The van der Waals surface area contributed by atoms with Crippen molar-refractivity contribution in [1.82, 2.24) is 0 Å². The Hall–Kier alpha value is -0.0151. The molecule has 2 nitrogen and oxygen atoms in total. The molecule has 1 saturated heterocycles. The van der Waals surface area contributed by atoms with Crippen molar-refractivity contribution in [3.8, 4) is 0 Å². The summed E-state index contributed by atoms with van der Waals surface area (Å²) in [7, 11) is 7.49. The smallest absolute Gasteiger partial charge is 0.109 e. The number of rotatable bonds is 3. The van der Waals surface area contributed by atoms with Gasteiger partial charge in [0.05, 0.1) is 12.7 Å². The quantitative estimate of drug-likeness (QED) is 0.589. The molecule has 0 aromatic carbocycles. The van der Waals surface area contributed by atoms with Crippen LogP contribution in [0.5, 0.6) is 0 Å². The van der Waals surface area contributed by atoms with Crippen LogP contribution < -0.4 is 0 Å². The van der Waals surface area contributed by atoms with Gasteiger partial charge in [0.1, 0.15) is 7.85 Å². The highest BCUT2D eigenvalue weighted by Gasteiger charge is 2.37.